The van der Waals surface area contributed by atoms with Crippen LogP contribution in [0.1, 0.15) is 33.6 Å². The monoisotopic (exact) mass is 229 g/mol. The number of H-pyrrole nitrogens is 1. The van der Waals surface area contributed by atoms with E-state index in [9.17, 15) is 4.79 Å². The van der Waals surface area contributed by atoms with Gasteiger partial charge < -0.3 is 9.72 Å². The molecule has 2 aromatic rings. The first-order chi connectivity index (χ1) is 8.20. The number of carbonyl (C=O) groups is 1. The van der Waals surface area contributed by atoms with Gasteiger partial charge in [-0.3, -0.25) is 4.79 Å². The molecule has 1 aromatic heterocycles. The average molecular weight is 229 g/mol. The fourth-order valence-corrected chi connectivity index (χ4v) is 2.71. The number of benzene rings is 1. The van der Waals surface area contributed by atoms with Gasteiger partial charge in [0.05, 0.1) is 12.1 Å². The van der Waals surface area contributed by atoms with Gasteiger partial charge >= 0.3 is 0 Å². The number of methoxy groups -OCH3 is 1. The van der Waals surface area contributed by atoms with E-state index < -0.39 is 0 Å². The lowest BCUT2D eigenvalue weighted by Gasteiger charge is -2.03. The number of hydrogen-bond donors (Lipinski definition) is 1. The number of nitrogens with one attached hydrogen (secondary N) is 1. The van der Waals surface area contributed by atoms with Crippen molar-refractivity contribution < 1.29 is 9.53 Å². The molecule has 17 heavy (non-hydrogen) atoms. The highest BCUT2D eigenvalue weighted by atomic mass is 16.5. The highest BCUT2D eigenvalue weighted by Crippen LogP contribution is 2.32. The van der Waals surface area contributed by atoms with E-state index in [-0.39, 0.29) is 5.78 Å². The number of rotatable bonds is 2. The number of fused-ring (bicyclic) bond motifs is 3. The van der Waals surface area contributed by atoms with Crippen LogP contribution in [0.15, 0.2) is 12.1 Å². The fraction of sp³-hybridized carbons (Fsp3) is 0.357. The molecule has 0 bridgehead atoms. The van der Waals surface area contributed by atoms with Crippen LogP contribution in [0.4, 0.5) is 0 Å². The van der Waals surface area contributed by atoms with E-state index in [1.54, 1.807) is 7.11 Å². The van der Waals surface area contributed by atoms with Crippen molar-refractivity contribution in [1.29, 1.82) is 0 Å². The van der Waals surface area contributed by atoms with Crippen molar-refractivity contribution in [3.8, 4) is 0 Å². The third-order valence-electron chi connectivity index (χ3n) is 3.46. The Labute approximate surface area is 99.8 Å². The van der Waals surface area contributed by atoms with Gasteiger partial charge in [-0.2, -0.15) is 0 Å². The Hall–Kier alpha value is -1.61. The number of ether oxygens (including phenoxy) is 1. The van der Waals surface area contributed by atoms with E-state index in [4.69, 9.17) is 4.74 Å². The van der Waals surface area contributed by atoms with Gasteiger partial charge in [-0.25, -0.2) is 0 Å². The van der Waals surface area contributed by atoms with Crippen molar-refractivity contribution >= 4 is 16.7 Å². The molecule has 3 rings (SSSR count). The minimum atomic E-state index is 0.260. The number of ketones is 1. The van der Waals surface area contributed by atoms with Crippen molar-refractivity contribution in [2.45, 2.75) is 26.4 Å². The molecule has 1 heterocycles. The maximum atomic E-state index is 11.9. The van der Waals surface area contributed by atoms with Gasteiger partial charge in [0.25, 0.3) is 0 Å². The maximum absolute atomic E-state index is 11.9. The largest absolute Gasteiger partial charge is 0.378 e. The Balaban J connectivity index is 2.30. The van der Waals surface area contributed by atoms with Gasteiger partial charge in [0.1, 0.15) is 0 Å². The van der Waals surface area contributed by atoms with Crippen LogP contribution in [0.25, 0.3) is 10.9 Å². The molecule has 0 saturated heterocycles. The Morgan fingerprint density at radius 1 is 1.35 bits per heavy atom. The quantitative estimate of drug-likeness (QED) is 0.860. The standard InChI is InChI=1S/C14H15NO2/c1-8-5-9-3-4-12(16)13(9)14-11(8)6-10(15-14)7-17-2/h5-6,15H,3-4,7H2,1-2H3. The second-order valence-electron chi connectivity index (χ2n) is 4.67. The Kier molecular flexibility index (Phi) is 2.30. The molecule has 3 nitrogen and oxygen atoms in total. The molecule has 0 fully saturated rings. The van der Waals surface area contributed by atoms with E-state index in [2.05, 4.69) is 24.0 Å². The molecular formula is C14H15NO2. The molecule has 1 N–H and O–H groups in total. The molecule has 1 aromatic carbocycles. The zero-order valence-corrected chi connectivity index (χ0v) is 10.1. The van der Waals surface area contributed by atoms with E-state index in [1.807, 2.05) is 0 Å². The van der Waals surface area contributed by atoms with Crippen molar-refractivity contribution in [3.63, 3.8) is 0 Å². The molecule has 0 unspecified atom stereocenters. The number of aromatic nitrogens is 1. The zero-order valence-electron chi connectivity index (χ0n) is 10.1. The summed E-state index contributed by atoms with van der Waals surface area (Å²) in [6, 6.07) is 4.23. The van der Waals surface area contributed by atoms with Crippen LogP contribution < -0.4 is 0 Å². The normalized spacial score (nSPS) is 14.6. The van der Waals surface area contributed by atoms with Gasteiger partial charge in [-0.05, 0) is 30.5 Å². The minimum Gasteiger partial charge on any atom is -0.378 e. The minimum absolute atomic E-state index is 0.260. The van der Waals surface area contributed by atoms with E-state index >= 15 is 0 Å². The predicted octanol–water partition coefficient (Wildman–Crippen LogP) is 2.75. The molecule has 0 amide bonds. The van der Waals surface area contributed by atoms with Crippen LogP contribution in [0, 0.1) is 6.92 Å². The van der Waals surface area contributed by atoms with Crippen LogP contribution in [-0.2, 0) is 17.8 Å². The highest BCUT2D eigenvalue weighted by Gasteiger charge is 2.24. The molecule has 3 heteroatoms. The third kappa shape index (κ3) is 1.50. The SMILES string of the molecule is COCc1cc2c(C)cc3c(c2[nH]1)C(=O)CC3. The Morgan fingerprint density at radius 2 is 2.18 bits per heavy atom. The van der Waals surface area contributed by atoms with Gasteiger partial charge in [0, 0.05) is 30.2 Å². The first-order valence-electron chi connectivity index (χ1n) is 5.87. The Bertz CT molecular complexity index is 610. The lowest BCUT2D eigenvalue weighted by molar-refractivity contribution is 0.0996. The van der Waals surface area contributed by atoms with Gasteiger partial charge in [0.15, 0.2) is 5.78 Å². The second kappa shape index (κ2) is 3.70. The molecule has 0 spiro atoms. The molecule has 1 aliphatic rings. The predicted molar refractivity (Wildman–Crippen MR) is 66.4 cm³/mol. The van der Waals surface area contributed by atoms with Crippen LogP contribution in [-0.4, -0.2) is 17.9 Å². The third-order valence-corrected chi connectivity index (χ3v) is 3.46. The number of aryl methyl sites for hydroxylation is 2. The second-order valence-corrected chi connectivity index (χ2v) is 4.67. The molecule has 0 aliphatic heterocycles. The van der Waals surface area contributed by atoms with Crippen LogP contribution in [0.3, 0.4) is 0 Å². The molecular weight excluding hydrogens is 214 g/mol. The number of hydrogen-bond acceptors (Lipinski definition) is 2. The maximum Gasteiger partial charge on any atom is 0.165 e. The number of Topliss-reactive ketones (excluding diaryl/α,β-unsaturated/α-hetero) is 1. The molecule has 0 saturated carbocycles. The first-order valence-corrected chi connectivity index (χ1v) is 5.87. The summed E-state index contributed by atoms with van der Waals surface area (Å²) in [6.45, 7) is 2.65. The molecule has 0 atom stereocenters. The van der Waals surface area contributed by atoms with E-state index in [1.165, 1.54) is 11.1 Å². The smallest absolute Gasteiger partial charge is 0.165 e. The molecule has 0 radical (unpaired) electrons. The summed E-state index contributed by atoms with van der Waals surface area (Å²) in [5.41, 5.74) is 5.33. The summed E-state index contributed by atoms with van der Waals surface area (Å²) < 4.78 is 5.13. The topological polar surface area (TPSA) is 42.1 Å². The molecule has 1 aliphatic carbocycles. The summed E-state index contributed by atoms with van der Waals surface area (Å²) in [5.74, 6) is 0.260. The fourth-order valence-electron chi connectivity index (χ4n) is 2.71. The van der Waals surface area contributed by atoms with Crippen LogP contribution in [0.2, 0.25) is 0 Å². The van der Waals surface area contributed by atoms with Gasteiger partial charge in [-0.15, -0.1) is 0 Å². The van der Waals surface area contributed by atoms with Gasteiger partial charge in [-0.1, -0.05) is 6.07 Å². The van der Waals surface area contributed by atoms with E-state index in [0.717, 1.165) is 28.6 Å². The van der Waals surface area contributed by atoms with Gasteiger partial charge in [0.2, 0.25) is 0 Å². The summed E-state index contributed by atoms with van der Waals surface area (Å²) in [4.78, 5) is 15.2. The summed E-state index contributed by atoms with van der Waals surface area (Å²) in [5, 5.41) is 1.14. The van der Waals surface area contributed by atoms with Crippen LogP contribution >= 0.6 is 0 Å². The summed E-state index contributed by atoms with van der Waals surface area (Å²) >= 11 is 0. The summed E-state index contributed by atoms with van der Waals surface area (Å²) in [6.07, 6.45) is 1.52. The number of carbonyl (C=O) groups excluding carboxylic acids is 1. The lowest BCUT2D eigenvalue weighted by atomic mass is 10.0. The lowest BCUT2D eigenvalue weighted by Crippen LogP contribution is -1.94. The zero-order chi connectivity index (χ0) is 12.0. The first kappa shape index (κ1) is 10.5. The van der Waals surface area contributed by atoms with Crippen LogP contribution in [0.5, 0.6) is 0 Å². The van der Waals surface area contributed by atoms with Crippen molar-refractivity contribution in [3.05, 3.63) is 34.5 Å². The van der Waals surface area contributed by atoms with Crippen molar-refractivity contribution in [1.82, 2.24) is 4.98 Å². The van der Waals surface area contributed by atoms with E-state index in [0.29, 0.717) is 13.0 Å². The average Bonchev–Trinajstić information content (AvgIpc) is 2.84. The van der Waals surface area contributed by atoms with Crippen molar-refractivity contribution in [2.24, 2.45) is 0 Å². The van der Waals surface area contributed by atoms with Crippen molar-refractivity contribution in [2.75, 3.05) is 7.11 Å². The highest BCUT2D eigenvalue weighted by molar-refractivity contribution is 6.11. The Morgan fingerprint density at radius 3 is 2.94 bits per heavy atom. The molecule has 88 valence electrons. The summed E-state index contributed by atoms with van der Waals surface area (Å²) in [7, 11) is 1.67. The number of aromatic amines is 1.